The number of fused-ring (bicyclic) bond motifs is 1. The molecule has 0 fully saturated rings. The number of aryl methyl sites for hydroxylation is 3. The van der Waals surface area contributed by atoms with Crippen molar-refractivity contribution in [2.45, 2.75) is 71.6 Å². The first-order valence-electron chi connectivity index (χ1n) is 11.0. The third-order valence-electron chi connectivity index (χ3n) is 5.85. The van der Waals surface area contributed by atoms with Crippen LogP contribution in [0.25, 0.3) is 0 Å². The molecule has 3 heterocycles. The molecule has 1 atom stereocenters. The van der Waals surface area contributed by atoms with Crippen molar-refractivity contribution in [1.29, 1.82) is 0 Å². The van der Waals surface area contributed by atoms with Crippen LogP contribution >= 0.6 is 0 Å². The summed E-state index contributed by atoms with van der Waals surface area (Å²) < 4.78 is 0. The number of anilines is 1. The second-order valence-electron chi connectivity index (χ2n) is 9.28. The van der Waals surface area contributed by atoms with Crippen LogP contribution < -0.4 is 5.32 Å². The highest BCUT2D eigenvalue weighted by Gasteiger charge is 2.26. The van der Waals surface area contributed by atoms with E-state index in [4.69, 9.17) is 4.98 Å². The van der Waals surface area contributed by atoms with Gasteiger partial charge in [-0.25, -0.2) is 15.0 Å². The first-order valence-corrected chi connectivity index (χ1v) is 11.0. The van der Waals surface area contributed by atoms with Crippen LogP contribution in [-0.2, 0) is 22.4 Å². The molecule has 2 N–H and O–H groups in total. The number of aromatic nitrogens is 3. The third kappa shape index (κ3) is 6.84. The van der Waals surface area contributed by atoms with Gasteiger partial charge in [0.1, 0.15) is 17.4 Å². The van der Waals surface area contributed by atoms with E-state index < -0.39 is 11.9 Å². The fourth-order valence-electron chi connectivity index (χ4n) is 4.08. The summed E-state index contributed by atoms with van der Waals surface area (Å²) in [7, 11) is 0. The smallest absolute Gasteiger partial charge is 0.303 e. The number of rotatable bonds is 10. The van der Waals surface area contributed by atoms with E-state index in [-0.39, 0.29) is 24.0 Å². The quantitative estimate of drug-likeness (QED) is 0.591. The molecule has 0 saturated carbocycles. The Labute approximate surface area is 183 Å². The molecule has 0 amide bonds. The number of Topliss-reactive ketones (excluding diaryl/α,β-unsaturated/α-hetero) is 1. The van der Waals surface area contributed by atoms with Crippen LogP contribution in [0.5, 0.6) is 0 Å². The Bertz CT molecular complexity index is 925. The zero-order chi connectivity index (χ0) is 22.4. The van der Waals surface area contributed by atoms with Gasteiger partial charge in [-0.3, -0.25) is 9.59 Å². The maximum Gasteiger partial charge on any atom is 0.303 e. The van der Waals surface area contributed by atoms with Crippen molar-refractivity contribution in [3.05, 3.63) is 47.2 Å². The highest BCUT2D eigenvalue weighted by molar-refractivity contribution is 5.81. The molecule has 0 radical (unpaired) electrons. The van der Waals surface area contributed by atoms with Gasteiger partial charge in [-0.1, -0.05) is 19.9 Å². The summed E-state index contributed by atoms with van der Waals surface area (Å²) >= 11 is 0. The molecule has 3 rings (SSSR count). The Morgan fingerprint density at radius 2 is 1.94 bits per heavy atom. The topological polar surface area (TPSA) is 105 Å². The lowest BCUT2D eigenvalue weighted by Gasteiger charge is -2.25. The van der Waals surface area contributed by atoms with Crippen molar-refractivity contribution in [3.63, 3.8) is 0 Å². The minimum Gasteiger partial charge on any atom is -0.481 e. The van der Waals surface area contributed by atoms with E-state index in [2.05, 4.69) is 41.3 Å². The van der Waals surface area contributed by atoms with E-state index in [0.29, 0.717) is 17.8 Å². The minimum absolute atomic E-state index is 0.0666. The molecule has 0 spiro atoms. The lowest BCUT2D eigenvalue weighted by atomic mass is 9.80. The number of carbonyl (C=O) groups excluding carboxylic acids is 1. The number of carboxylic acid groups (broad SMARTS) is 1. The number of hydrogen-bond donors (Lipinski definition) is 2. The zero-order valence-electron chi connectivity index (χ0n) is 18.6. The Hall–Kier alpha value is -2.83. The zero-order valence-corrected chi connectivity index (χ0v) is 18.6. The molecular weight excluding hydrogens is 392 g/mol. The van der Waals surface area contributed by atoms with Crippen molar-refractivity contribution in [2.24, 2.45) is 5.41 Å². The molecule has 7 nitrogen and oxygen atoms in total. The molecule has 0 saturated heterocycles. The normalized spacial score (nSPS) is 14.4. The number of carbonyl (C=O) groups is 2. The van der Waals surface area contributed by atoms with Gasteiger partial charge in [-0.15, -0.1) is 0 Å². The number of pyridine rings is 1. The van der Waals surface area contributed by atoms with Crippen LogP contribution in [-0.4, -0.2) is 38.4 Å². The molecule has 1 aliphatic rings. The molecule has 0 bridgehead atoms. The number of nitrogens with zero attached hydrogens (tertiary/aromatic N) is 3. The van der Waals surface area contributed by atoms with Gasteiger partial charge in [0, 0.05) is 43.4 Å². The largest absolute Gasteiger partial charge is 0.481 e. The maximum atomic E-state index is 12.8. The molecule has 1 unspecified atom stereocenters. The molecule has 0 aliphatic carbocycles. The van der Waals surface area contributed by atoms with Gasteiger partial charge in [-0.2, -0.15) is 0 Å². The summed E-state index contributed by atoms with van der Waals surface area (Å²) in [6, 6.07) is 4.24. The highest BCUT2D eigenvalue weighted by atomic mass is 16.4. The van der Waals surface area contributed by atoms with E-state index in [1.165, 1.54) is 5.56 Å². The molecule has 166 valence electrons. The van der Waals surface area contributed by atoms with Crippen molar-refractivity contribution in [2.75, 3.05) is 11.9 Å². The number of nitrogens with one attached hydrogen (secondary N) is 1. The standard InChI is InChI=1S/C24H32N4O3/c1-16-26-14-19(15-27-16)18(12-22(30)31)11-21(29)13-24(2,3)9-8-20-7-6-17-5-4-10-25-23(17)28-20/h6-7,14-15,18H,4-5,8-13H2,1-3H3,(H,25,28)(H,30,31). The van der Waals surface area contributed by atoms with Crippen LogP contribution in [0.3, 0.4) is 0 Å². The summed E-state index contributed by atoms with van der Waals surface area (Å²) in [4.78, 5) is 37.2. The predicted octanol–water partition coefficient (Wildman–Crippen LogP) is 4.10. The Kier molecular flexibility index (Phi) is 7.36. The average Bonchev–Trinajstić information content (AvgIpc) is 2.71. The SMILES string of the molecule is Cc1ncc(C(CC(=O)O)CC(=O)CC(C)(C)CCc2ccc3c(n2)NCCC3)cn1. The number of aliphatic carboxylic acids is 1. The number of hydrogen-bond acceptors (Lipinski definition) is 6. The summed E-state index contributed by atoms with van der Waals surface area (Å²) in [6.07, 6.45) is 7.59. The first-order chi connectivity index (χ1) is 14.7. The lowest BCUT2D eigenvalue weighted by Crippen LogP contribution is -2.21. The van der Waals surface area contributed by atoms with Crippen LogP contribution in [0.4, 0.5) is 5.82 Å². The fraction of sp³-hybridized carbons (Fsp3) is 0.542. The Morgan fingerprint density at radius 1 is 1.19 bits per heavy atom. The second kappa shape index (κ2) is 9.98. The first kappa shape index (κ1) is 22.8. The molecular formula is C24H32N4O3. The summed E-state index contributed by atoms with van der Waals surface area (Å²) in [6.45, 7) is 6.91. The van der Waals surface area contributed by atoms with Crippen molar-refractivity contribution in [1.82, 2.24) is 15.0 Å². The van der Waals surface area contributed by atoms with E-state index in [1.807, 2.05) is 0 Å². The van der Waals surface area contributed by atoms with Crippen LogP contribution in [0.15, 0.2) is 24.5 Å². The highest BCUT2D eigenvalue weighted by Crippen LogP contribution is 2.31. The number of carboxylic acids is 1. The van der Waals surface area contributed by atoms with Gasteiger partial charge < -0.3 is 10.4 Å². The lowest BCUT2D eigenvalue weighted by molar-refractivity contribution is -0.137. The van der Waals surface area contributed by atoms with Crippen LogP contribution in [0.2, 0.25) is 0 Å². The Balaban J connectivity index is 1.58. The van der Waals surface area contributed by atoms with E-state index in [9.17, 15) is 14.7 Å². The number of ketones is 1. The average molecular weight is 425 g/mol. The van der Waals surface area contributed by atoms with Gasteiger partial charge in [0.15, 0.2) is 0 Å². The van der Waals surface area contributed by atoms with E-state index in [0.717, 1.165) is 43.7 Å². The molecule has 2 aromatic rings. The van der Waals surface area contributed by atoms with E-state index >= 15 is 0 Å². The van der Waals surface area contributed by atoms with Crippen molar-refractivity contribution >= 4 is 17.6 Å². The molecule has 31 heavy (non-hydrogen) atoms. The van der Waals surface area contributed by atoms with Gasteiger partial charge in [0.25, 0.3) is 0 Å². The molecule has 0 aromatic carbocycles. The van der Waals surface area contributed by atoms with Gasteiger partial charge >= 0.3 is 5.97 Å². The van der Waals surface area contributed by atoms with Gasteiger partial charge in [-0.05, 0) is 55.2 Å². The minimum atomic E-state index is -0.926. The molecule has 2 aromatic heterocycles. The van der Waals surface area contributed by atoms with Gasteiger partial charge in [0.2, 0.25) is 0 Å². The van der Waals surface area contributed by atoms with Crippen LogP contribution in [0, 0.1) is 12.3 Å². The summed E-state index contributed by atoms with van der Waals surface area (Å²) in [5.74, 6) is 0.349. The van der Waals surface area contributed by atoms with Crippen molar-refractivity contribution < 1.29 is 14.7 Å². The molecule has 7 heteroatoms. The van der Waals surface area contributed by atoms with Gasteiger partial charge in [0.05, 0.1) is 6.42 Å². The monoisotopic (exact) mass is 424 g/mol. The third-order valence-corrected chi connectivity index (χ3v) is 5.85. The van der Waals surface area contributed by atoms with Crippen LogP contribution in [0.1, 0.15) is 74.5 Å². The maximum absolute atomic E-state index is 12.8. The fourth-order valence-corrected chi connectivity index (χ4v) is 4.08. The Morgan fingerprint density at radius 3 is 2.65 bits per heavy atom. The predicted molar refractivity (Wildman–Crippen MR) is 119 cm³/mol. The second-order valence-corrected chi connectivity index (χ2v) is 9.28. The van der Waals surface area contributed by atoms with E-state index in [1.54, 1.807) is 19.3 Å². The summed E-state index contributed by atoms with van der Waals surface area (Å²) in [5, 5.41) is 12.6. The molecule has 1 aliphatic heterocycles. The van der Waals surface area contributed by atoms with Crippen molar-refractivity contribution in [3.8, 4) is 0 Å². The summed E-state index contributed by atoms with van der Waals surface area (Å²) in [5.41, 5.74) is 2.81.